The summed E-state index contributed by atoms with van der Waals surface area (Å²) in [6.07, 6.45) is 3.42. The molecule has 0 amide bonds. The highest BCUT2D eigenvalue weighted by atomic mass is 16.3. The van der Waals surface area contributed by atoms with E-state index in [9.17, 15) is 10.4 Å². The van der Waals surface area contributed by atoms with Crippen LogP contribution in [0.5, 0.6) is 0 Å². The summed E-state index contributed by atoms with van der Waals surface area (Å²) in [5, 5.41) is 20.2. The van der Waals surface area contributed by atoms with Gasteiger partial charge in [-0.15, -0.1) is 0 Å². The summed E-state index contributed by atoms with van der Waals surface area (Å²) in [5.74, 6) is 0. The van der Waals surface area contributed by atoms with Crippen molar-refractivity contribution in [2.75, 3.05) is 0 Å². The molecule has 3 aromatic rings. The van der Waals surface area contributed by atoms with Crippen molar-refractivity contribution in [2.24, 2.45) is 7.05 Å². The number of hydrogen-bond acceptors (Lipinski definition) is 3. The molecule has 3 rings (SSSR count). The molecule has 0 aliphatic carbocycles. The fourth-order valence-electron chi connectivity index (χ4n) is 2.95. The highest BCUT2D eigenvalue weighted by molar-refractivity contribution is 5.74. The fourth-order valence-corrected chi connectivity index (χ4v) is 2.95. The van der Waals surface area contributed by atoms with Gasteiger partial charge in [0, 0.05) is 12.6 Å². The lowest BCUT2D eigenvalue weighted by Gasteiger charge is -2.15. The molecule has 1 unspecified atom stereocenters. The Morgan fingerprint density at radius 1 is 1.21 bits per heavy atom. The van der Waals surface area contributed by atoms with Gasteiger partial charge in [0.2, 0.25) is 0 Å². The second-order valence-electron chi connectivity index (χ2n) is 5.76. The van der Waals surface area contributed by atoms with Gasteiger partial charge in [-0.25, -0.2) is 4.98 Å². The van der Waals surface area contributed by atoms with E-state index in [0.29, 0.717) is 5.56 Å². The van der Waals surface area contributed by atoms with Gasteiger partial charge in [-0.3, -0.25) is 0 Å². The van der Waals surface area contributed by atoms with Crippen molar-refractivity contribution >= 4 is 0 Å². The Balaban J connectivity index is 2.13. The molecule has 4 heteroatoms. The molecule has 1 heterocycles. The molecule has 24 heavy (non-hydrogen) atoms. The quantitative estimate of drug-likeness (QED) is 0.799. The summed E-state index contributed by atoms with van der Waals surface area (Å²) < 4.78 is 1.79. The minimum Gasteiger partial charge on any atom is -0.382 e. The van der Waals surface area contributed by atoms with Crippen LogP contribution in [0.2, 0.25) is 0 Å². The second-order valence-corrected chi connectivity index (χ2v) is 5.76. The first-order chi connectivity index (χ1) is 11.7. The van der Waals surface area contributed by atoms with Crippen LogP contribution in [0.1, 0.15) is 35.4 Å². The Labute approximate surface area is 141 Å². The van der Waals surface area contributed by atoms with Gasteiger partial charge in [0.05, 0.1) is 29.9 Å². The normalized spacial score (nSPS) is 11.9. The van der Waals surface area contributed by atoms with Gasteiger partial charge >= 0.3 is 0 Å². The number of imidazole rings is 1. The molecule has 0 fully saturated rings. The van der Waals surface area contributed by atoms with Gasteiger partial charge in [0.15, 0.2) is 0 Å². The lowest BCUT2D eigenvalue weighted by Crippen LogP contribution is -2.05. The number of nitrogens with zero attached hydrogens (tertiary/aromatic N) is 3. The van der Waals surface area contributed by atoms with E-state index in [1.54, 1.807) is 29.2 Å². The fraction of sp³-hybridized carbons (Fsp3) is 0.200. The molecule has 0 saturated carbocycles. The number of aromatic nitrogens is 2. The Morgan fingerprint density at radius 2 is 2.00 bits per heavy atom. The third kappa shape index (κ3) is 2.82. The van der Waals surface area contributed by atoms with Gasteiger partial charge in [0.25, 0.3) is 0 Å². The topological polar surface area (TPSA) is 61.8 Å². The van der Waals surface area contributed by atoms with Crippen molar-refractivity contribution in [1.29, 1.82) is 5.26 Å². The van der Waals surface area contributed by atoms with E-state index in [1.807, 2.05) is 31.3 Å². The molecule has 0 aliphatic heterocycles. The zero-order valence-electron chi connectivity index (χ0n) is 13.8. The number of hydrogen-bond donors (Lipinski definition) is 1. The van der Waals surface area contributed by atoms with Crippen LogP contribution in [0.25, 0.3) is 11.1 Å². The van der Waals surface area contributed by atoms with Crippen molar-refractivity contribution in [2.45, 2.75) is 19.4 Å². The molecule has 0 bridgehead atoms. The molecule has 0 aliphatic rings. The summed E-state index contributed by atoms with van der Waals surface area (Å²) in [5.41, 5.74) is 5.15. The lowest BCUT2D eigenvalue weighted by atomic mass is 9.91. The first-order valence-corrected chi connectivity index (χ1v) is 7.92. The molecule has 2 aromatic carbocycles. The van der Waals surface area contributed by atoms with Crippen LogP contribution >= 0.6 is 0 Å². The third-order valence-corrected chi connectivity index (χ3v) is 4.30. The van der Waals surface area contributed by atoms with Crippen molar-refractivity contribution in [1.82, 2.24) is 9.55 Å². The van der Waals surface area contributed by atoms with Crippen molar-refractivity contribution < 1.29 is 5.11 Å². The van der Waals surface area contributed by atoms with Gasteiger partial charge in [-0.05, 0) is 35.2 Å². The number of nitriles is 1. The Kier molecular flexibility index (Phi) is 4.45. The number of benzene rings is 2. The molecule has 1 atom stereocenters. The van der Waals surface area contributed by atoms with Crippen LogP contribution in [0.4, 0.5) is 0 Å². The number of aryl methyl sites for hydroxylation is 2. The van der Waals surface area contributed by atoms with E-state index >= 15 is 0 Å². The number of rotatable bonds is 4. The summed E-state index contributed by atoms with van der Waals surface area (Å²) in [4.78, 5) is 4.06. The van der Waals surface area contributed by atoms with Gasteiger partial charge in [-0.1, -0.05) is 37.3 Å². The molecule has 1 N–H and O–H groups in total. The maximum Gasteiger partial charge on any atom is 0.121 e. The van der Waals surface area contributed by atoms with Crippen LogP contribution in [-0.4, -0.2) is 14.7 Å². The van der Waals surface area contributed by atoms with Crippen LogP contribution in [0.15, 0.2) is 55.0 Å². The first kappa shape index (κ1) is 16.0. The van der Waals surface area contributed by atoms with Crippen molar-refractivity contribution in [3.05, 3.63) is 77.4 Å². The Hall–Kier alpha value is -2.90. The minimum atomic E-state index is -0.780. The molecule has 1 aromatic heterocycles. The summed E-state index contributed by atoms with van der Waals surface area (Å²) >= 11 is 0. The van der Waals surface area contributed by atoms with Crippen LogP contribution in [-0.2, 0) is 13.5 Å². The maximum absolute atomic E-state index is 10.7. The SMILES string of the molecule is CCc1ccccc1-c1cc(C(O)c2cncn2C)ccc1C#N. The standard InChI is InChI=1S/C20H19N3O/c1-3-14-6-4-5-7-17(14)18-10-15(8-9-16(18)11-21)20(24)19-12-22-13-23(19)2/h4-10,12-13,20,24H,3H2,1-2H3. The summed E-state index contributed by atoms with van der Waals surface area (Å²) in [6, 6.07) is 15.8. The van der Waals surface area contributed by atoms with Gasteiger partial charge in [0.1, 0.15) is 6.10 Å². The zero-order chi connectivity index (χ0) is 17.1. The first-order valence-electron chi connectivity index (χ1n) is 7.92. The maximum atomic E-state index is 10.7. The molecule has 0 spiro atoms. The van der Waals surface area contributed by atoms with E-state index in [-0.39, 0.29) is 0 Å². The monoisotopic (exact) mass is 317 g/mol. The van der Waals surface area contributed by atoms with E-state index in [4.69, 9.17) is 0 Å². The molecule has 0 saturated heterocycles. The number of aliphatic hydroxyl groups is 1. The van der Waals surface area contributed by atoms with Gasteiger partial charge in [-0.2, -0.15) is 5.26 Å². The average molecular weight is 317 g/mol. The molecular formula is C20H19N3O. The predicted molar refractivity (Wildman–Crippen MR) is 93.2 cm³/mol. The summed E-state index contributed by atoms with van der Waals surface area (Å²) in [7, 11) is 1.85. The van der Waals surface area contributed by atoms with E-state index in [1.165, 1.54) is 5.56 Å². The highest BCUT2D eigenvalue weighted by Crippen LogP contribution is 2.31. The zero-order valence-corrected chi connectivity index (χ0v) is 13.8. The molecule has 0 radical (unpaired) electrons. The Morgan fingerprint density at radius 3 is 2.67 bits per heavy atom. The molecular weight excluding hydrogens is 298 g/mol. The molecule has 4 nitrogen and oxygen atoms in total. The van der Waals surface area contributed by atoms with E-state index in [0.717, 1.165) is 28.8 Å². The van der Waals surface area contributed by atoms with Gasteiger partial charge < -0.3 is 9.67 Å². The average Bonchev–Trinajstić information content (AvgIpc) is 3.06. The minimum absolute atomic E-state index is 0.608. The number of aliphatic hydroxyl groups excluding tert-OH is 1. The smallest absolute Gasteiger partial charge is 0.121 e. The van der Waals surface area contributed by atoms with Crippen LogP contribution in [0, 0.1) is 11.3 Å². The van der Waals surface area contributed by atoms with Crippen LogP contribution < -0.4 is 0 Å². The van der Waals surface area contributed by atoms with Crippen molar-refractivity contribution in [3.8, 4) is 17.2 Å². The van der Waals surface area contributed by atoms with E-state index < -0.39 is 6.10 Å². The summed E-state index contributed by atoms with van der Waals surface area (Å²) in [6.45, 7) is 2.10. The molecule has 120 valence electrons. The predicted octanol–water partition coefficient (Wildman–Crippen LogP) is 3.60. The van der Waals surface area contributed by atoms with Crippen LogP contribution in [0.3, 0.4) is 0 Å². The second kappa shape index (κ2) is 6.69. The lowest BCUT2D eigenvalue weighted by molar-refractivity contribution is 0.211. The van der Waals surface area contributed by atoms with Crippen molar-refractivity contribution in [3.63, 3.8) is 0 Å². The largest absolute Gasteiger partial charge is 0.382 e. The third-order valence-electron chi connectivity index (χ3n) is 4.30. The highest BCUT2D eigenvalue weighted by Gasteiger charge is 2.17. The Bertz CT molecular complexity index is 905. The van der Waals surface area contributed by atoms with E-state index in [2.05, 4.69) is 24.0 Å².